The zero-order chi connectivity index (χ0) is 17.1. The van der Waals surface area contributed by atoms with Crippen LogP contribution in [-0.4, -0.2) is 53.1 Å². The largest absolute Gasteiger partial charge is 0.444 e. The van der Waals surface area contributed by atoms with Gasteiger partial charge < -0.3 is 19.4 Å². The topological polar surface area (TPSA) is 80.5 Å². The molecule has 7 heteroatoms. The molecule has 1 atom stereocenters. The lowest BCUT2D eigenvalue weighted by Crippen LogP contribution is -2.38. The van der Waals surface area contributed by atoms with Gasteiger partial charge in [-0.1, -0.05) is 0 Å². The first-order valence-electron chi connectivity index (χ1n) is 8.86. The Bertz CT molecular complexity index is 745. The molecule has 2 aromatic heterocycles. The van der Waals surface area contributed by atoms with Crippen molar-refractivity contribution in [2.45, 2.75) is 31.7 Å². The third-order valence-corrected chi connectivity index (χ3v) is 4.70. The molecule has 0 spiro atoms. The first kappa shape index (κ1) is 16.1. The number of nitrogens with one attached hydrogen (secondary N) is 1. The summed E-state index contributed by atoms with van der Waals surface area (Å²) in [5.41, 5.74) is 1.16. The zero-order valence-electron chi connectivity index (χ0n) is 14.1. The lowest BCUT2D eigenvalue weighted by atomic mass is 10.2. The van der Waals surface area contributed by atoms with Gasteiger partial charge in [0.05, 0.1) is 12.6 Å². The first-order valence-corrected chi connectivity index (χ1v) is 8.86. The number of hydrogen-bond acceptors (Lipinski definition) is 6. The molecule has 2 aliphatic heterocycles. The van der Waals surface area contributed by atoms with Crippen molar-refractivity contribution in [1.82, 2.24) is 14.9 Å². The third kappa shape index (κ3) is 3.51. The molecule has 1 N–H and O–H groups in total. The van der Waals surface area contributed by atoms with Gasteiger partial charge in [0.15, 0.2) is 5.69 Å². The molecule has 4 rings (SSSR count). The molecule has 0 saturated carbocycles. The molecular weight excluding hydrogens is 320 g/mol. The molecule has 7 nitrogen and oxygen atoms in total. The van der Waals surface area contributed by atoms with Gasteiger partial charge in [-0.15, -0.1) is 0 Å². The van der Waals surface area contributed by atoms with E-state index in [1.807, 2.05) is 17.0 Å². The van der Waals surface area contributed by atoms with E-state index >= 15 is 0 Å². The van der Waals surface area contributed by atoms with Crippen molar-refractivity contribution in [3.63, 3.8) is 0 Å². The van der Waals surface area contributed by atoms with E-state index in [1.54, 1.807) is 6.20 Å². The highest BCUT2D eigenvalue weighted by Gasteiger charge is 2.31. The quantitative estimate of drug-likeness (QED) is 0.792. The fraction of sp³-hybridized carbons (Fsp3) is 0.500. The van der Waals surface area contributed by atoms with Crippen LogP contribution in [0.25, 0.3) is 11.5 Å². The molecule has 2 aromatic rings. The van der Waals surface area contributed by atoms with E-state index in [9.17, 15) is 4.79 Å². The highest BCUT2D eigenvalue weighted by Crippen LogP contribution is 2.24. The fourth-order valence-electron chi connectivity index (χ4n) is 3.35. The summed E-state index contributed by atoms with van der Waals surface area (Å²) < 4.78 is 11.3. The Morgan fingerprint density at radius 2 is 2.24 bits per heavy atom. The summed E-state index contributed by atoms with van der Waals surface area (Å²) >= 11 is 0. The molecule has 2 aliphatic rings. The summed E-state index contributed by atoms with van der Waals surface area (Å²) in [5.74, 6) is 1.13. The number of fused-ring (bicyclic) bond motifs is 6. The Morgan fingerprint density at radius 3 is 3.20 bits per heavy atom. The SMILES string of the molecule is O=C1c2coc(n2)-c2ccnc(c2)NCCCCOCC2CCCN12. The summed E-state index contributed by atoms with van der Waals surface area (Å²) in [7, 11) is 0. The van der Waals surface area contributed by atoms with Gasteiger partial charge >= 0.3 is 0 Å². The van der Waals surface area contributed by atoms with Crippen molar-refractivity contribution < 1.29 is 13.9 Å². The Kier molecular flexibility index (Phi) is 4.65. The zero-order valence-corrected chi connectivity index (χ0v) is 14.1. The molecule has 4 heterocycles. The van der Waals surface area contributed by atoms with Crippen molar-refractivity contribution >= 4 is 11.7 Å². The normalized spacial score (nSPS) is 21.7. The van der Waals surface area contributed by atoms with Gasteiger partial charge in [-0.05, 0) is 37.8 Å². The van der Waals surface area contributed by atoms with E-state index in [1.165, 1.54) is 6.26 Å². The minimum Gasteiger partial charge on any atom is -0.444 e. The molecular formula is C18H22N4O3. The molecule has 4 bridgehead atoms. The predicted molar refractivity (Wildman–Crippen MR) is 92.3 cm³/mol. The fourth-order valence-corrected chi connectivity index (χ4v) is 3.35. The number of ether oxygens (including phenoxy) is 1. The summed E-state index contributed by atoms with van der Waals surface area (Å²) in [4.78, 5) is 23.4. The van der Waals surface area contributed by atoms with Crippen LogP contribution in [0.3, 0.4) is 0 Å². The molecule has 0 radical (unpaired) electrons. The molecule has 132 valence electrons. The second kappa shape index (κ2) is 7.23. The number of oxazole rings is 1. The van der Waals surface area contributed by atoms with Gasteiger partial charge in [-0.3, -0.25) is 4.79 Å². The van der Waals surface area contributed by atoms with Crippen LogP contribution >= 0.6 is 0 Å². The van der Waals surface area contributed by atoms with Crippen LogP contribution in [0.4, 0.5) is 5.82 Å². The van der Waals surface area contributed by atoms with Gasteiger partial charge in [-0.2, -0.15) is 0 Å². The van der Waals surface area contributed by atoms with Crippen LogP contribution in [0.2, 0.25) is 0 Å². The standard InChI is InChI=1S/C18H22N4O3/c23-18-15-12-25-17(21-15)13-5-7-20-16(10-13)19-6-1-2-9-24-11-14-4-3-8-22(14)18/h5,7,10,12,14H,1-4,6,8-9,11H2,(H,19,20). The van der Waals surface area contributed by atoms with Gasteiger partial charge in [0.1, 0.15) is 12.1 Å². The summed E-state index contributed by atoms with van der Waals surface area (Å²) in [5, 5.41) is 3.30. The Balaban J connectivity index is 1.63. The van der Waals surface area contributed by atoms with Crippen molar-refractivity contribution in [1.29, 1.82) is 0 Å². The summed E-state index contributed by atoms with van der Waals surface area (Å²) in [6.45, 7) is 2.88. The van der Waals surface area contributed by atoms with Crippen LogP contribution in [0.1, 0.15) is 36.2 Å². The summed E-state index contributed by atoms with van der Waals surface area (Å²) in [6, 6.07) is 3.85. The first-order chi connectivity index (χ1) is 12.3. The van der Waals surface area contributed by atoms with Crippen LogP contribution in [0.15, 0.2) is 29.0 Å². The molecule has 0 aliphatic carbocycles. The number of anilines is 1. The maximum absolute atomic E-state index is 12.8. The van der Waals surface area contributed by atoms with Crippen molar-refractivity contribution in [2.75, 3.05) is 31.6 Å². The third-order valence-electron chi connectivity index (χ3n) is 4.70. The number of amides is 1. The summed E-state index contributed by atoms with van der Waals surface area (Å²) in [6.07, 6.45) is 7.12. The lowest BCUT2D eigenvalue weighted by molar-refractivity contribution is 0.0528. The van der Waals surface area contributed by atoms with Gasteiger partial charge in [0, 0.05) is 31.5 Å². The van der Waals surface area contributed by atoms with E-state index in [0.717, 1.165) is 50.2 Å². The van der Waals surface area contributed by atoms with Gasteiger partial charge in [0.25, 0.3) is 5.91 Å². The number of rotatable bonds is 0. The Morgan fingerprint density at radius 1 is 1.28 bits per heavy atom. The maximum Gasteiger partial charge on any atom is 0.276 e. The minimum absolute atomic E-state index is 0.0828. The average Bonchev–Trinajstić information content (AvgIpc) is 3.29. The number of nitrogens with zero attached hydrogens (tertiary/aromatic N) is 3. The average molecular weight is 342 g/mol. The number of aromatic nitrogens is 2. The second-order valence-corrected chi connectivity index (χ2v) is 6.47. The van der Waals surface area contributed by atoms with Crippen LogP contribution in [0, 0.1) is 0 Å². The van der Waals surface area contributed by atoms with Crippen molar-refractivity contribution in [2.24, 2.45) is 0 Å². The van der Waals surface area contributed by atoms with Crippen molar-refractivity contribution in [3.05, 3.63) is 30.3 Å². The highest BCUT2D eigenvalue weighted by molar-refractivity contribution is 5.92. The van der Waals surface area contributed by atoms with E-state index in [-0.39, 0.29) is 11.9 Å². The smallest absolute Gasteiger partial charge is 0.276 e. The highest BCUT2D eigenvalue weighted by atomic mass is 16.5. The van der Waals surface area contributed by atoms with Crippen LogP contribution < -0.4 is 5.32 Å². The van der Waals surface area contributed by atoms with Gasteiger partial charge in [0.2, 0.25) is 5.89 Å². The lowest BCUT2D eigenvalue weighted by Gasteiger charge is -2.23. The van der Waals surface area contributed by atoms with E-state index < -0.39 is 0 Å². The molecule has 1 fully saturated rings. The van der Waals surface area contributed by atoms with Crippen LogP contribution in [0.5, 0.6) is 0 Å². The maximum atomic E-state index is 12.8. The monoisotopic (exact) mass is 342 g/mol. The Labute approximate surface area is 146 Å². The predicted octanol–water partition coefficient (Wildman–Crippen LogP) is 2.56. The van der Waals surface area contributed by atoms with Gasteiger partial charge in [-0.25, -0.2) is 9.97 Å². The molecule has 25 heavy (non-hydrogen) atoms. The van der Waals surface area contributed by atoms with E-state index in [0.29, 0.717) is 24.8 Å². The molecule has 1 unspecified atom stereocenters. The molecule has 1 amide bonds. The Hall–Kier alpha value is -2.41. The van der Waals surface area contributed by atoms with Crippen LogP contribution in [-0.2, 0) is 4.74 Å². The number of pyridine rings is 1. The molecule has 0 aromatic carbocycles. The number of carbonyl (C=O) groups excluding carboxylic acids is 1. The number of carbonyl (C=O) groups is 1. The van der Waals surface area contributed by atoms with E-state index in [2.05, 4.69) is 15.3 Å². The van der Waals surface area contributed by atoms with Crippen molar-refractivity contribution in [3.8, 4) is 11.5 Å². The minimum atomic E-state index is -0.0828. The number of hydrogen-bond donors (Lipinski definition) is 1. The second-order valence-electron chi connectivity index (χ2n) is 6.47. The van der Waals surface area contributed by atoms with E-state index in [4.69, 9.17) is 9.15 Å². The molecule has 1 saturated heterocycles.